The zero-order valence-corrected chi connectivity index (χ0v) is 16.2. The molecule has 6 heteroatoms. The molecule has 0 aliphatic carbocycles. The lowest BCUT2D eigenvalue weighted by Gasteiger charge is -2.24. The molecule has 0 spiro atoms. The van der Waals surface area contributed by atoms with E-state index in [1.807, 2.05) is 31.2 Å². The summed E-state index contributed by atoms with van der Waals surface area (Å²) >= 11 is 3.56. The number of piperidine rings is 1. The SMILES string of the molecule is Cc1ccc(-c2nnc(N[C@@H]3CCCNC3)c3cc(Br)ccc23)c(O)c1. The maximum Gasteiger partial charge on any atom is 0.156 e. The minimum atomic E-state index is 0.223. The number of aromatic nitrogens is 2. The molecular weight excluding hydrogens is 392 g/mol. The van der Waals surface area contributed by atoms with Crippen LogP contribution < -0.4 is 10.6 Å². The maximum absolute atomic E-state index is 10.4. The van der Waals surface area contributed by atoms with Crippen LogP contribution in [-0.4, -0.2) is 34.4 Å². The lowest BCUT2D eigenvalue weighted by Crippen LogP contribution is -2.38. The Kier molecular flexibility index (Phi) is 4.78. The van der Waals surface area contributed by atoms with E-state index in [2.05, 4.69) is 42.8 Å². The smallest absolute Gasteiger partial charge is 0.156 e. The van der Waals surface area contributed by atoms with Crippen LogP contribution in [0.5, 0.6) is 5.75 Å². The first-order valence-electron chi connectivity index (χ1n) is 8.85. The molecule has 0 saturated carbocycles. The van der Waals surface area contributed by atoms with Gasteiger partial charge in [-0.3, -0.25) is 0 Å². The number of nitrogens with zero attached hydrogens (tertiary/aromatic N) is 2. The van der Waals surface area contributed by atoms with Gasteiger partial charge in [-0.15, -0.1) is 10.2 Å². The lowest BCUT2D eigenvalue weighted by molar-refractivity contribution is 0.476. The minimum absolute atomic E-state index is 0.223. The first kappa shape index (κ1) is 17.2. The summed E-state index contributed by atoms with van der Waals surface area (Å²) in [6.45, 7) is 3.95. The highest BCUT2D eigenvalue weighted by molar-refractivity contribution is 9.10. The van der Waals surface area contributed by atoms with Crippen molar-refractivity contribution in [2.75, 3.05) is 18.4 Å². The number of anilines is 1. The fraction of sp³-hybridized carbons (Fsp3) is 0.300. The zero-order valence-electron chi connectivity index (χ0n) is 14.6. The summed E-state index contributed by atoms with van der Waals surface area (Å²) < 4.78 is 0.988. The Labute approximate surface area is 161 Å². The number of phenolic OH excluding ortho intramolecular Hbond substituents is 1. The molecule has 1 aliphatic rings. The third kappa shape index (κ3) is 3.39. The molecule has 1 fully saturated rings. The summed E-state index contributed by atoms with van der Waals surface area (Å²) in [6, 6.07) is 12.0. The standard InChI is InChI=1S/C20H21BrN4O/c1-12-4-6-16(18(26)9-12)19-15-7-5-13(21)10-17(15)20(25-24-19)23-14-3-2-8-22-11-14/h4-7,9-10,14,22,26H,2-3,8,11H2,1H3,(H,23,25)/t14-/m1/s1. The largest absolute Gasteiger partial charge is 0.507 e. The number of halogens is 1. The summed E-state index contributed by atoms with van der Waals surface area (Å²) in [6.07, 6.45) is 2.27. The van der Waals surface area contributed by atoms with Gasteiger partial charge in [-0.05, 0) is 56.1 Å². The second-order valence-corrected chi connectivity index (χ2v) is 7.71. The van der Waals surface area contributed by atoms with E-state index in [9.17, 15) is 5.11 Å². The summed E-state index contributed by atoms with van der Waals surface area (Å²) in [4.78, 5) is 0. The number of aromatic hydroxyl groups is 1. The third-order valence-corrected chi connectivity index (χ3v) is 5.28. The average molecular weight is 413 g/mol. The lowest BCUT2D eigenvalue weighted by atomic mass is 10.0. The first-order valence-corrected chi connectivity index (χ1v) is 9.64. The minimum Gasteiger partial charge on any atom is -0.507 e. The molecule has 1 atom stereocenters. The molecule has 1 aromatic heterocycles. The molecule has 0 amide bonds. The van der Waals surface area contributed by atoms with Crippen LogP contribution in [0.15, 0.2) is 40.9 Å². The molecule has 2 heterocycles. The van der Waals surface area contributed by atoms with Gasteiger partial charge < -0.3 is 15.7 Å². The molecule has 1 aliphatic heterocycles. The van der Waals surface area contributed by atoms with E-state index in [0.29, 0.717) is 17.3 Å². The normalized spacial score (nSPS) is 17.4. The molecule has 3 N–H and O–H groups in total. The van der Waals surface area contributed by atoms with E-state index in [0.717, 1.165) is 52.6 Å². The van der Waals surface area contributed by atoms with Crippen LogP contribution in [-0.2, 0) is 0 Å². The van der Waals surface area contributed by atoms with Gasteiger partial charge in [0, 0.05) is 33.4 Å². The molecule has 2 aromatic carbocycles. The van der Waals surface area contributed by atoms with Gasteiger partial charge >= 0.3 is 0 Å². The van der Waals surface area contributed by atoms with Crippen LogP contribution in [0.4, 0.5) is 5.82 Å². The Balaban J connectivity index is 1.82. The molecule has 4 rings (SSSR count). The van der Waals surface area contributed by atoms with Gasteiger partial charge in [0.15, 0.2) is 5.82 Å². The highest BCUT2D eigenvalue weighted by Crippen LogP contribution is 2.36. The van der Waals surface area contributed by atoms with Crippen molar-refractivity contribution in [2.24, 2.45) is 0 Å². The second kappa shape index (κ2) is 7.21. The number of benzene rings is 2. The molecule has 3 aromatic rings. The van der Waals surface area contributed by atoms with Crippen molar-refractivity contribution in [3.05, 3.63) is 46.4 Å². The predicted octanol–water partition coefficient (Wildman–Crippen LogP) is 4.24. The van der Waals surface area contributed by atoms with Crippen molar-refractivity contribution in [1.82, 2.24) is 15.5 Å². The van der Waals surface area contributed by atoms with Crippen molar-refractivity contribution >= 4 is 32.5 Å². The number of nitrogens with one attached hydrogen (secondary N) is 2. The van der Waals surface area contributed by atoms with Crippen molar-refractivity contribution in [2.45, 2.75) is 25.8 Å². The molecule has 0 radical (unpaired) electrons. The van der Waals surface area contributed by atoms with Gasteiger partial charge in [-0.2, -0.15) is 0 Å². The Morgan fingerprint density at radius 2 is 2.04 bits per heavy atom. The number of hydrogen-bond acceptors (Lipinski definition) is 5. The fourth-order valence-electron chi connectivity index (χ4n) is 3.44. The summed E-state index contributed by atoms with van der Waals surface area (Å²) in [5.74, 6) is 1.01. The Morgan fingerprint density at radius 3 is 2.81 bits per heavy atom. The highest BCUT2D eigenvalue weighted by Gasteiger charge is 2.18. The van der Waals surface area contributed by atoms with Crippen LogP contribution in [0, 0.1) is 6.92 Å². The van der Waals surface area contributed by atoms with Crippen molar-refractivity contribution < 1.29 is 5.11 Å². The Hall–Kier alpha value is -2.18. The third-order valence-electron chi connectivity index (χ3n) is 4.79. The molecule has 1 saturated heterocycles. The summed E-state index contributed by atoms with van der Waals surface area (Å²) in [5.41, 5.74) is 2.40. The van der Waals surface area contributed by atoms with E-state index in [-0.39, 0.29) is 5.75 Å². The number of hydrogen-bond donors (Lipinski definition) is 3. The fourth-order valence-corrected chi connectivity index (χ4v) is 3.80. The van der Waals surface area contributed by atoms with Gasteiger partial charge in [0.25, 0.3) is 0 Å². The van der Waals surface area contributed by atoms with Gasteiger partial charge in [-0.25, -0.2) is 0 Å². The van der Waals surface area contributed by atoms with Crippen LogP contribution in [0.1, 0.15) is 18.4 Å². The van der Waals surface area contributed by atoms with E-state index in [4.69, 9.17) is 0 Å². The molecule has 134 valence electrons. The van der Waals surface area contributed by atoms with Crippen molar-refractivity contribution in [3.8, 4) is 17.0 Å². The molecule has 26 heavy (non-hydrogen) atoms. The zero-order chi connectivity index (χ0) is 18.1. The quantitative estimate of drug-likeness (QED) is 0.600. The number of fused-ring (bicyclic) bond motifs is 1. The molecule has 0 bridgehead atoms. The van der Waals surface area contributed by atoms with Crippen LogP contribution in [0.3, 0.4) is 0 Å². The van der Waals surface area contributed by atoms with Crippen LogP contribution in [0.25, 0.3) is 22.0 Å². The topological polar surface area (TPSA) is 70.1 Å². The second-order valence-electron chi connectivity index (χ2n) is 6.80. The van der Waals surface area contributed by atoms with E-state index in [1.165, 1.54) is 0 Å². The van der Waals surface area contributed by atoms with Gasteiger partial charge in [0.2, 0.25) is 0 Å². The van der Waals surface area contributed by atoms with Gasteiger partial charge in [0.05, 0.1) is 0 Å². The predicted molar refractivity (Wildman–Crippen MR) is 109 cm³/mol. The summed E-state index contributed by atoms with van der Waals surface area (Å²) in [7, 11) is 0. The van der Waals surface area contributed by atoms with E-state index < -0.39 is 0 Å². The molecule has 5 nitrogen and oxygen atoms in total. The average Bonchev–Trinajstić information content (AvgIpc) is 2.63. The van der Waals surface area contributed by atoms with E-state index >= 15 is 0 Å². The van der Waals surface area contributed by atoms with Gasteiger partial charge in [0.1, 0.15) is 11.4 Å². The Morgan fingerprint density at radius 1 is 1.15 bits per heavy atom. The summed E-state index contributed by atoms with van der Waals surface area (Å²) in [5, 5.41) is 28.2. The van der Waals surface area contributed by atoms with Crippen LogP contribution in [0.2, 0.25) is 0 Å². The monoisotopic (exact) mass is 412 g/mol. The van der Waals surface area contributed by atoms with Crippen molar-refractivity contribution in [3.63, 3.8) is 0 Å². The van der Waals surface area contributed by atoms with E-state index in [1.54, 1.807) is 6.07 Å². The van der Waals surface area contributed by atoms with Gasteiger partial charge in [-0.1, -0.05) is 28.1 Å². The first-order chi connectivity index (χ1) is 12.6. The van der Waals surface area contributed by atoms with Crippen molar-refractivity contribution in [1.29, 1.82) is 0 Å². The van der Waals surface area contributed by atoms with Crippen LogP contribution >= 0.6 is 15.9 Å². The number of rotatable bonds is 3. The number of phenols is 1. The molecule has 0 unspecified atom stereocenters. The Bertz CT molecular complexity index is 954. The number of aryl methyl sites for hydroxylation is 1. The highest BCUT2D eigenvalue weighted by atomic mass is 79.9. The maximum atomic E-state index is 10.4. The molecular formula is C20H21BrN4O.